The molecule has 0 aliphatic carbocycles. The third-order valence-electron chi connectivity index (χ3n) is 4.76. The van der Waals surface area contributed by atoms with Gasteiger partial charge in [-0.2, -0.15) is 0 Å². The van der Waals surface area contributed by atoms with Crippen molar-refractivity contribution in [2.24, 2.45) is 0 Å². The molecule has 0 spiro atoms. The van der Waals surface area contributed by atoms with Gasteiger partial charge in [-0.15, -0.1) is 0 Å². The molecule has 7 heteroatoms. The summed E-state index contributed by atoms with van der Waals surface area (Å²) < 4.78 is 10.5. The number of amides is 1. The molecule has 0 aromatic heterocycles. The smallest absolute Gasteiger partial charge is 0.325 e. The number of hydrogen-bond acceptors (Lipinski definition) is 5. The van der Waals surface area contributed by atoms with Crippen LogP contribution in [-0.4, -0.2) is 42.1 Å². The first-order valence-corrected chi connectivity index (χ1v) is 9.37. The van der Waals surface area contributed by atoms with Crippen LogP contribution in [0.4, 0.5) is 0 Å². The van der Waals surface area contributed by atoms with Crippen molar-refractivity contribution in [3.8, 4) is 5.75 Å². The fraction of sp³-hybridized carbons (Fsp3) is 0.333. The van der Waals surface area contributed by atoms with Gasteiger partial charge in [0.2, 0.25) is 5.91 Å². The molecule has 1 heterocycles. The Bertz CT molecular complexity index is 870. The summed E-state index contributed by atoms with van der Waals surface area (Å²) in [6.45, 7) is 0.353. The van der Waals surface area contributed by atoms with E-state index in [0.29, 0.717) is 17.2 Å². The van der Waals surface area contributed by atoms with E-state index < -0.39 is 5.97 Å². The zero-order chi connectivity index (χ0) is 20.1. The van der Waals surface area contributed by atoms with E-state index >= 15 is 0 Å². The molecule has 1 aliphatic heterocycles. The molecule has 1 N–H and O–H groups in total. The Morgan fingerprint density at radius 2 is 2.07 bits per heavy atom. The van der Waals surface area contributed by atoms with Crippen molar-refractivity contribution in [3.63, 3.8) is 0 Å². The van der Waals surface area contributed by atoms with Crippen LogP contribution in [0.1, 0.15) is 29.2 Å². The first kappa shape index (κ1) is 20.2. The van der Waals surface area contributed by atoms with Crippen LogP contribution < -0.4 is 0 Å². The molecule has 6 nitrogen and oxygen atoms in total. The second-order valence-corrected chi connectivity index (χ2v) is 7.05. The molecule has 2 aromatic rings. The highest BCUT2D eigenvalue weighted by Gasteiger charge is 2.27. The number of aromatic hydroxyl groups is 1. The molecular weight excluding hydrogens is 382 g/mol. The zero-order valence-electron chi connectivity index (χ0n) is 15.6. The number of halogens is 1. The number of methoxy groups -OCH3 is 1. The first-order chi connectivity index (χ1) is 13.5. The monoisotopic (exact) mass is 403 g/mol. The van der Waals surface area contributed by atoms with Crippen LogP contribution in [0.25, 0.3) is 0 Å². The van der Waals surface area contributed by atoms with Crippen molar-refractivity contribution in [2.75, 3.05) is 20.3 Å². The van der Waals surface area contributed by atoms with Gasteiger partial charge in [0, 0.05) is 17.1 Å². The van der Waals surface area contributed by atoms with Crippen LogP contribution in [0.15, 0.2) is 42.5 Å². The number of esters is 1. The Balaban J connectivity index is 1.79. The number of nitrogens with zero attached hydrogens (tertiary/aromatic N) is 1. The van der Waals surface area contributed by atoms with Crippen molar-refractivity contribution in [1.29, 1.82) is 0 Å². The molecule has 28 heavy (non-hydrogen) atoms. The Labute approximate surface area is 168 Å². The first-order valence-electron chi connectivity index (χ1n) is 8.99. The average molecular weight is 404 g/mol. The minimum absolute atomic E-state index is 0.00586. The second-order valence-electron chi connectivity index (χ2n) is 6.61. The van der Waals surface area contributed by atoms with Crippen molar-refractivity contribution in [2.45, 2.75) is 25.5 Å². The van der Waals surface area contributed by atoms with Crippen molar-refractivity contribution in [3.05, 3.63) is 64.2 Å². The molecule has 1 unspecified atom stereocenters. The third-order valence-corrected chi connectivity index (χ3v) is 4.99. The summed E-state index contributed by atoms with van der Waals surface area (Å²) in [5.74, 6) is -0.808. The fourth-order valence-electron chi connectivity index (χ4n) is 3.27. The molecule has 0 saturated heterocycles. The van der Waals surface area contributed by atoms with E-state index in [2.05, 4.69) is 0 Å². The van der Waals surface area contributed by atoms with Crippen molar-refractivity contribution >= 4 is 23.5 Å². The van der Waals surface area contributed by atoms with Gasteiger partial charge in [0.25, 0.3) is 0 Å². The van der Waals surface area contributed by atoms with E-state index in [-0.39, 0.29) is 37.3 Å². The van der Waals surface area contributed by atoms with Gasteiger partial charge in [-0.25, -0.2) is 0 Å². The van der Waals surface area contributed by atoms with Crippen molar-refractivity contribution in [1.82, 2.24) is 4.90 Å². The van der Waals surface area contributed by atoms with E-state index in [0.717, 1.165) is 12.0 Å². The molecule has 1 amide bonds. The van der Waals surface area contributed by atoms with Gasteiger partial charge >= 0.3 is 5.97 Å². The molecular formula is C21H22ClNO5. The molecule has 0 fully saturated rings. The number of phenols is 1. The van der Waals surface area contributed by atoms with E-state index in [1.54, 1.807) is 12.1 Å². The van der Waals surface area contributed by atoms with Crippen LogP contribution >= 0.6 is 11.6 Å². The fourth-order valence-corrected chi connectivity index (χ4v) is 3.47. The van der Waals surface area contributed by atoms with Gasteiger partial charge in [0.15, 0.2) is 0 Å². The Hall–Kier alpha value is -2.57. The van der Waals surface area contributed by atoms with Gasteiger partial charge < -0.3 is 19.5 Å². The highest BCUT2D eigenvalue weighted by Crippen LogP contribution is 2.30. The number of phenolic OH excluding ortho intramolecular Hbond substituents is 1. The number of rotatable bonds is 6. The Morgan fingerprint density at radius 1 is 1.29 bits per heavy atom. The highest BCUT2D eigenvalue weighted by molar-refractivity contribution is 6.30. The average Bonchev–Trinajstić information content (AvgIpc) is 2.70. The predicted molar refractivity (Wildman–Crippen MR) is 104 cm³/mol. The van der Waals surface area contributed by atoms with Crippen LogP contribution in [0.5, 0.6) is 5.75 Å². The molecule has 1 atom stereocenters. The van der Waals surface area contributed by atoms with Crippen LogP contribution in [0.3, 0.4) is 0 Å². The summed E-state index contributed by atoms with van der Waals surface area (Å²) in [7, 11) is 1.27. The molecule has 1 aliphatic rings. The topological polar surface area (TPSA) is 76.1 Å². The largest absolute Gasteiger partial charge is 0.508 e. The van der Waals surface area contributed by atoms with Crippen LogP contribution in [0.2, 0.25) is 5.02 Å². The van der Waals surface area contributed by atoms with Gasteiger partial charge in [0.05, 0.1) is 26.2 Å². The summed E-state index contributed by atoms with van der Waals surface area (Å²) in [4.78, 5) is 26.2. The Morgan fingerprint density at radius 3 is 2.86 bits per heavy atom. The number of ether oxygens (including phenoxy) is 2. The van der Waals surface area contributed by atoms with E-state index in [9.17, 15) is 14.7 Å². The van der Waals surface area contributed by atoms with Gasteiger partial charge in [0.1, 0.15) is 12.3 Å². The Kier molecular flexibility index (Phi) is 6.54. The second kappa shape index (κ2) is 9.08. The number of benzene rings is 2. The van der Waals surface area contributed by atoms with Gasteiger partial charge in [-0.05, 0) is 35.7 Å². The quantitative estimate of drug-likeness (QED) is 0.749. The summed E-state index contributed by atoms with van der Waals surface area (Å²) in [6, 6.07) is 12.5. The normalized spacial score (nSPS) is 15.6. The molecule has 148 valence electrons. The lowest BCUT2D eigenvalue weighted by Gasteiger charge is -2.28. The highest BCUT2D eigenvalue weighted by atomic mass is 35.5. The zero-order valence-corrected chi connectivity index (χ0v) is 16.3. The van der Waals surface area contributed by atoms with Gasteiger partial charge in [-0.1, -0.05) is 35.9 Å². The van der Waals surface area contributed by atoms with E-state index in [1.165, 1.54) is 23.6 Å². The number of carbonyl (C=O) groups is 2. The number of hydrogen-bond donors (Lipinski definition) is 1. The lowest BCUT2D eigenvalue weighted by molar-refractivity contribution is -0.148. The maximum atomic E-state index is 13.0. The summed E-state index contributed by atoms with van der Waals surface area (Å²) >= 11 is 6.00. The predicted octanol–water partition coefficient (Wildman–Crippen LogP) is 3.25. The lowest BCUT2D eigenvalue weighted by Crippen LogP contribution is -2.37. The summed E-state index contributed by atoms with van der Waals surface area (Å²) in [5.41, 5.74) is 2.61. The molecule has 0 radical (unpaired) electrons. The van der Waals surface area contributed by atoms with E-state index in [4.69, 9.17) is 21.1 Å². The third kappa shape index (κ3) is 4.82. The lowest BCUT2D eigenvalue weighted by atomic mass is 9.95. The van der Waals surface area contributed by atoms with Crippen molar-refractivity contribution < 1.29 is 24.2 Å². The van der Waals surface area contributed by atoms with Crippen LogP contribution in [-0.2, 0) is 32.0 Å². The minimum atomic E-state index is -0.542. The molecule has 2 aromatic carbocycles. The molecule has 3 rings (SSSR count). The SMILES string of the molecule is COC(=O)CN(Cc1cc(Cl)ccc1O)C(=O)CC1OCCc2ccccc21. The number of fused-ring (bicyclic) bond motifs is 1. The van der Waals surface area contributed by atoms with E-state index in [1.807, 2.05) is 24.3 Å². The van der Waals surface area contributed by atoms with Gasteiger partial charge in [-0.3, -0.25) is 9.59 Å². The molecule has 0 saturated carbocycles. The summed E-state index contributed by atoms with van der Waals surface area (Å²) in [6.07, 6.45) is 0.531. The standard InChI is InChI=1S/C21H22ClNO5/c1-27-21(26)13-23(12-15-10-16(22)6-7-18(15)24)20(25)11-19-17-5-3-2-4-14(17)8-9-28-19/h2-7,10,19,24H,8-9,11-13H2,1H3. The molecule has 0 bridgehead atoms. The van der Waals surface area contributed by atoms with Crippen LogP contribution in [0, 0.1) is 0 Å². The summed E-state index contributed by atoms with van der Waals surface area (Å²) in [5, 5.41) is 10.5. The number of carbonyl (C=O) groups excluding carboxylic acids is 2. The maximum absolute atomic E-state index is 13.0. The minimum Gasteiger partial charge on any atom is -0.508 e. The maximum Gasteiger partial charge on any atom is 0.325 e.